The van der Waals surface area contributed by atoms with Gasteiger partial charge in [-0.3, -0.25) is 0 Å². The van der Waals surface area contributed by atoms with Crippen LogP contribution in [0, 0.1) is 0 Å². The highest BCUT2D eigenvalue weighted by molar-refractivity contribution is 6.02. The third kappa shape index (κ3) is 3.14. The molecule has 0 aliphatic carbocycles. The molecule has 1 rings (SSSR count). The lowest BCUT2D eigenvalue weighted by molar-refractivity contribution is 0.0459. The average Bonchev–Trinajstić information content (AvgIpc) is 2.42. The van der Waals surface area contributed by atoms with Crippen LogP contribution in [0.2, 0.25) is 0 Å². The monoisotopic (exact) mass is 248 g/mol. The Morgan fingerprint density at radius 1 is 0.944 bits per heavy atom. The van der Waals surface area contributed by atoms with Crippen LogP contribution in [0.25, 0.3) is 20.9 Å². The molecule has 0 saturated carbocycles. The fourth-order valence-electron chi connectivity index (χ4n) is 1.05. The van der Waals surface area contributed by atoms with Crippen LogP contribution < -0.4 is 0 Å². The number of nitrogens with zero attached hydrogens (tertiary/aromatic N) is 6. The Balaban J connectivity index is 3.05. The average molecular weight is 248 g/mol. The van der Waals surface area contributed by atoms with E-state index in [-0.39, 0.29) is 11.1 Å². The molecule has 0 unspecified atom stereocenters. The molecule has 0 radical (unpaired) electrons. The molecule has 18 heavy (non-hydrogen) atoms. The van der Waals surface area contributed by atoms with Crippen LogP contribution in [0.4, 0.5) is 0 Å². The van der Waals surface area contributed by atoms with E-state index >= 15 is 0 Å². The van der Waals surface area contributed by atoms with Crippen LogP contribution >= 0.6 is 0 Å². The second kappa shape index (κ2) is 6.38. The molecule has 0 aliphatic rings. The summed E-state index contributed by atoms with van der Waals surface area (Å²) in [5, 5.41) is 5.22. The van der Waals surface area contributed by atoms with E-state index in [1.807, 2.05) is 0 Å². The standard InChI is InChI=1S/C8H4N6O4/c9-11-13-17-7(15)5-3-1-2-4-6(5)8(16)18-14-12-10/h1-4H. The molecule has 1 aromatic rings. The number of carbonyl (C=O) groups is 2. The Bertz CT molecular complexity index is 522. The summed E-state index contributed by atoms with van der Waals surface area (Å²) in [6.45, 7) is 0. The van der Waals surface area contributed by atoms with Crippen LogP contribution in [-0.4, -0.2) is 11.9 Å². The van der Waals surface area contributed by atoms with E-state index in [0.29, 0.717) is 0 Å². The molecule has 0 heterocycles. The van der Waals surface area contributed by atoms with E-state index in [9.17, 15) is 9.59 Å². The molecule has 0 aliphatic heterocycles. The summed E-state index contributed by atoms with van der Waals surface area (Å²) < 4.78 is 0. The lowest BCUT2D eigenvalue weighted by atomic mass is 10.1. The van der Waals surface area contributed by atoms with Crippen molar-refractivity contribution in [2.75, 3.05) is 0 Å². The third-order valence-corrected chi connectivity index (χ3v) is 1.69. The van der Waals surface area contributed by atoms with Crippen LogP contribution in [0.1, 0.15) is 20.7 Å². The van der Waals surface area contributed by atoms with Gasteiger partial charge in [0.2, 0.25) is 0 Å². The Kier molecular flexibility index (Phi) is 4.55. The molecule has 0 bridgehead atoms. The number of benzene rings is 1. The maximum absolute atomic E-state index is 11.4. The fraction of sp³-hybridized carbons (Fsp3) is 0. The molecule has 90 valence electrons. The normalized spacial score (nSPS) is 8.44. The zero-order chi connectivity index (χ0) is 13.4. The van der Waals surface area contributed by atoms with Gasteiger partial charge in [0, 0.05) is 9.82 Å². The fourth-order valence-corrected chi connectivity index (χ4v) is 1.05. The summed E-state index contributed by atoms with van der Waals surface area (Å²) in [5.74, 6) is -2.08. The number of carbonyl (C=O) groups excluding carboxylic acids is 2. The Labute approximate surface area is 98.9 Å². The predicted octanol–water partition coefficient (Wildman–Crippen LogP) is 2.45. The van der Waals surface area contributed by atoms with E-state index in [2.05, 4.69) is 30.1 Å². The van der Waals surface area contributed by atoms with E-state index in [0.717, 1.165) is 0 Å². The summed E-state index contributed by atoms with van der Waals surface area (Å²) in [4.78, 5) is 35.5. The lowest BCUT2D eigenvalue weighted by Gasteiger charge is -2.03. The second-order valence-electron chi connectivity index (χ2n) is 2.65. The first-order valence-corrected chi connectivity index (χ1v) is 4.31. The second-order valence-corrected chi connectivity index (χ2v) is 2.65. The molecule has 0 amide bonds. The molecular weight excluding hydrogens is 244 g/mol. The smallest absolute Gasteiger partial charge is 0.350 e. The Morgan fingerprint density at radius 2 is 1.33 bits per heavy atom. The topological polar surface area (TPSA) is 150 Å². The summed E-state index contributed by atoms with van der Waals surface area (Å²) in [6, 6.07) is 5.41. The van der Waals surface area contributed by atoms with E-state index in [4.69, 9.17) is 11.1 Å². The predicted molar refractivity (Wildman–Crippen MR) is 55.6 cm³/mol. The number of hydrogen-bond acceptors (Lipinski definition) is 6. The quantitative estimate of drug-likeness (QED) is 0.347. The number of rotatable bonds is 4. The molecule has 0 N–H and O–H groups in total. The highest BCUT2D eigenvalue weighted by Crippen LogP contribution is 2.12. The van der Waals surface area contributed by atoms with Gasteiger partial charge in [-0.25, -0.2) is 9.59 Å². The van der Waals surface area contributed by atoms with E-state index < -0.39 is 11.9 Å². The Morgan fingerprint density at radius 3 is 1.67 bits per heavy atom. The van der Waals surface area contributed by atoms with Gasteiger partial charge in [-0.15, -0.1) is 0 Å². The van der Waals surface area contributed by atoms with Gasteiger partial charge in [-0.05, 0) is 23.2 Å². The number of azide groups is 2. The molecule has 0 saturated heterocycles. The molecular formula is C8H4N6O4. The van der Waals surface area contributed by atoms with Crippen molar-refractivity contribution in [3.8, 4) is 0 Å². The van der Waals surface area contributed by atoms with Crippen molar-refractivity contribution in [2.45, 2.75) is 0 Å². The highest BCUT2D eigenvalue weighted by Gasteiger charge is 2.18. The summed E-state index contributed by atoms with van der Waals surface area (Å²) in [7, 11) is 0. The van der Waals surface area contributed by atoms with Gasteiger partial charge < -0.3 is 9.68 Å². The summed E-state index contributed by atoms with van der Waals surface area (Å²) in [6.07, 6.45) is 0. The van der Waals surface area contributed by atoms with Gasteiger partial charge in [0.05, 0.1) is 11.1 Å². The number of hydrogen-bond donors (Lipinski definition) is 0. The van der Waals surface area contributed by atoms with Crippen LogP contribution in [0.15, 0.2) is 34.8 Å². The zero-order valence-electron chi connectivity index (χ0n) is 8.63. The van der Waals surface area contributed by atoms with Crippen molar-refractivity contribution in [1.82, 2.24) is 0 Å². The minimum atomic E-state index is -1.04. The zero-order valence-corrected chi connectivity index (χ0v) is 8.63. The van der Waals surface area contributed by atoms with Gasteiger partial charge in [0.1, 0.15) is 10.6 Å². The van der Waals surface area contributed by atoms with Crippen molar-refractivity contribution in [3.05, 3.63) is 56.3 Å². The van der Waals surface area contributed by atoms with Crippen molar-refractivity contribution in [2.24, 2.45) is 10.6 Å². The highest BCUT2D eigenvalue weighted by atomic mass is 16.7. The Hall–Kier alpha value is -3.22. The first-order valence-electron chi connectivity index (χ1n) is 4.31. The maximum Gasteiger partial charge on any atom is 0.350 e. The molecule has 10 nitrogen and oxygen atoms in total. The van der Waals surface area contributed by atoms with Crippen molar-refractivity contribution >= 4 is 11.9 Å². The minimum absolute atomic E-state index is 0.192. The summed E-state index contributed by atoms with van der Waals surface area (Å²) >= 11 is 0. The molecule has 0 spiro atoms. The van der Waals surface area contributed by atoms with Crippen molar-refractivity contribution in [3.63, 3.8) is 0 Å². The summed E-state index contributed by atoms with van der Waals surface area (Å²) in [5.41, 5.74) is 15.6. The molecule has 0 fully saturated rings. The molecule has 0 aromatic heterocycles. The van der Waals surface area contributed by atoms with E-state index in [1.165, 1.54) is 24.3 Å². The minimum Gasteiger partial charge on any atom is -0.355 e. The van der Waals surface area contributed by atoms with Crippen LogP contribution in [-0.2, 0) is 9.68 Å². The van der Waals surface area contributed by atoms with Gasteiger partial charge in [-0.1, -0.05) is 12.1 Å². The first-order chi connectivity index (χ1) is 8.70. The SMILES string of the molecule is [N-]=[N+]=NOC(=O)c1ccccc1C(=O)ON=[N+]=[N-]. The van der Waals surface area contributed by atoms with E-state index in [1.54, 1.807) is 0 Å². The maximum atomic E-state index is 11.4. The van der Waals surface area contributed by atoms with Gasteiger partial charge in [-0.2, -0.15) is 0 Å². The lowest BCUT2D eigenvalue weighted by Crippen LogP contribution is -2.10. The van der Waals surface area contributed by atoms with Gasteiger partial charge in [0.15, 0.2) is 0 Å². The molecule has 1 aromatic carbocycles. The van der Waals surface area contributed by atoms with Crippen LogP contribution in [0.3, 0.4) is 0 Å². The van der Waals surface area contributed by atoms with Crippen molar-refractivity contribution in [1.29, 1.82) is 0 Å². The van der Waals surface area contributed by atoms with Crippen LogP contribution in [0.5, 0.6) is 0 Å². The molecule has 10 heteroatoms. The first kappa shape index (κ1) is 12.8. The largest absolute Gasteiger partial charge is 0.355 e. The van der Waals surface area contributed by atoms with Crippen molar-refractivity contribution < 1.29 is 19.3 Å². The molecule has 0 atom stereocenters. The van der Waals surface area contributed by atoms with Gasteiger partial charge >= 0.3 is 11.9 Å². The third-order valence-electron chi connectivity index (χ3n) is 1.69. The van der Waals surface area contributed by atoms with Gasteiger partial charge in [0.25, 0.3) is 0 Å².